The Morgan fingerprint density at radius 1 is 1.27 bits per heavy atom. The molecule has 2 saturated carbocycles. The highest BCUT2D eigenvalue weighted by molar-refractivity contribution is 5.45. The van der Waals surface area contributed by atoms with Crippen LogP contribution in [0, 0.1) is 5.92 Å². The van der Waals surface area contributed by atoms with Crippen molar-refractivity contribution < 1.29 is 0 Å². The molecule has 0 aliphatic heterocycles. The van der Waals surface area contributed by atoms with Crippen molar-refractivity contribution in [3.63, 3.8) is 0 Å². The SMILES string of the molecule is Nc1cc(NCC2CC2)nc(C2CC2)n1. The predicted molar refractivity (Wildman–Crippen MR) is 59.6 cm³/mol. The van der Waals surface area contributed by atoms with Gasteiger partial charge in [-0.15, -0.1) is 0 Å². The molecule has 3 rings (SSSR count). The van der Waals surface area contributed by atoms with Crippen molar-refractivity contribution in [1.29, 1.82) is 0 Å². The van der Waals surface area contributed by atoms with E-state index in [0.29, 0.717) is 11.7 Å². The second-order valence-corrected chi connectivity index (χ2v) is 4.63. The molecule has 2 aliphatic carbocycles. The molecule has 0 amide bonds. The van der Waals surface area contributed by atoms with Gasteiger partial charge in [-0.05, 0) is 31.6 Å². The summed E-state index contributed by atoms with van der Waals surface area (Å²) in [5.74, 6) is 3.83. The van der Waals surface area contributed by atoms with Crippen LogP contribution in [0.15, 0.2) is 6.07 Å². The minimum absolute atomic E-state index is 0.565. The Balaban J connectivity index is 1.73. The van der Waals surface area contributed by atoms with Gasteiger partial charge in [-0.3, -0.25) is 0 Å². The monoisotopic (exact) mass is 204 g/mol. The molecule has 0 spiro atoms. The first kappa shape index (κ1) is 8.95. The molecule has 1 heterocycles. The van der Waals surface area contributed by atoms with Crippen molar-refractivity contribution in [3.8, 4) is 0 Å². The molecule has 0 atom stereocenters. The number of nitrogens with zero attached hydrogens (tertiary/aromatic N) is 2. The summed E-state index contributed by atoms with van der Waals surface area (Å²) in [6.45, 7) is 1.03. The predicted octanol–water partition coefficient (Wildman–Crippen LogP) is 1.76. The van der Waals surface area contributed by atoms with Gasteiger partial charge in [-0.2, -0.15) is 0 Å². The number of nitrogens with two attached hydrogens (primary N) is 1. The van der Waals surface area contributed by atoms with Crippen molar-refractivity contribution in [2.45, 2.75) is 31.6 Å². The van der Waals surface area contributed by atoms with Gasteiger partial charge in [0.25, 0.3) is 0 Å². The van der Waals surface area contributed by atoms with E-state index in [9.17, 15) is 0 Å². The molecule has 80 valence electrons. The minimum Gasteiger partial charge on any atom is -0.384 e. The molecule has 0 aromatic carbocycles. The third-order valence-corrected chi connectivity index (χ3v) is 2.97. The molecule has 0 bridgehead atoms. The van der Waals surface area contributed by atoms with Crippen molar-refractivity contribution >= 4 is 11.6 Å². The molecule has 0 saturated heterocycles. The van der Waals surface area contributed by atoms with Crippen LogP contribution in [0.2, 0.25) is 0 Å². The lowest BCUT2D eigenvalue weighted by molar-refractivity contribution is 0.868. The fourth-order valence-electron chi connectivity index (χ4n) is 1.67. The Morgan fingerprint density at radius 3 is 2.73 bits per heavy atom. The van der Waals surface area contributed by atoms with Gasteiger partial charge < -0.3 is 11.1 Å². The average molecular weight is 204 g/mol. The highest BCUT2D eigenvalue weighted by Gasteiger charge is 2.27. The second kappa shape index (κ2) is 3.36. The van der Waals surface area contributed by atoms with E-state index in [1.165, 1.54) is 25.7 Å². The number of hydrogen-bond acceptors (Lipinski definition) is 4. The van der Waals surface area contributed by atoms with Crippen LogP contribution >= 0.6 is 0 Å². The Labute approximate surface area is 89.3 Å². The number of rotatable bonds is 4. The van der Waals surface area contributed by atoms with Crippen LogP contribution < -0.4 is 11.1 Å². The first-order valence-corrected chi connectivity index (χ1v) is 5.69. The van der Waals surface area contributed by atoms with Crippen LogP contribution in [-0.2, 0) is 0 Å². The molecule has 0 unspecified atom stereocenters. The summed E-state index contributed by atoms with van der Waals surface area (Å²) < 4.78 is 0. The topological polar surface area (TPSA) is 63.8 Å². The van der Waals surface area contributed by atoms with Gasteiger partial charge in [0.15, 0.2) is 0 Å². The van der Waals surface area contributed by atoms with Crippen molar-refractivity contribution in [3.05, 3.63) is 11.9 Å². The van der Waals surface area contributed by atoms with Crippen molar-refractivity contribution in [1.82, 2.24) is 9.97 Å². The summed E-state index contributed by atoms with van der Waals surface area (Å²) >= 11 is 0. The molecule has 2 fully saturated rings. The highest BCUT2D eigenvalue weighted by Crippen LogP contribution is 2.38. The molecular formula is C11H16N4. The van der Waals surface area contributed by atoms with Gasteiger partial charge >= 0.3 is 0 Å². The third-order valence-electron chi connectivity index (χ3n) is 2.97. The van der Waals surface area contributed by atoms with Crippen LogP contribution in [0.4, 0.5) is 11.6 Å². The fourth-order valence-corrected chi connectivity index (χ4v) is 1.67. The zero-order valence-corrected chi connectivity index (χ0v) is 8.74. The molecule has 15 heavy (non-hydrogen) atoms. The number of aromatic nitrogens is 2. The first-order valence-electron chi connectivity index (χ1n) is 5.69. The van der Waals surface area contributed by atoms with E-state index in [4.69, 9.17) is 5.73 Å². The van der Waals surface area contributed by atoms with E-state index in [1.807, 2.05) is 6.07 Å². The van der Waals surface area contributed by atoms with Gasteiger partial charge in [0.1, 0.15) is 17.5 Å². The van der Waals surface area contributed by atoms with Crippen LogP contribution in [0.5, 0.6) is 0 Å². The lowest BCUT2D eigenvalue weighted by Crippen LogP contribution is -2.08. The van der Waals surface area contributed by atoms with Gasteiger partial charge in [0.05, 0.1) is 0 Å². The largest absolute Gasteiger partial charge is 0.384 e. The fraction of sp³-hybridized carbons (Fsp3) is 0.636. The Kier molecular flexibility index (Phi) is 2.01. The zero-order chi connectivity index (χ0) is 10.3. The minimum atomic E-state index is 0.565. The molecule has 4 heteroatoms. The van der Waals surface area contributed by atoms with E-state index in [0.717, 1.165) is 24.1 Å². The van der Waals surface area contributed by atoms with E-state index in [1.54, 1.807) is 0 Å². The molecular weight excluding hydrogens is 188 g/mol. The van der Waals surface area contributed by atoms with Crippen molar-refractivity contribution in [2.24, 2.45) is 5.92 Å². The molecule has 1 aromatic rings. The Bertz CT molecular complexity index is 369. The number of nitrogen functional groups attached to an aromatic ring is 1. The third kappa shape index (κ3) is 2.19. The van der Waals surface area contributed by atoms with E-state index >= 15 is 0 Å². The summed E-state index contributed by atoms with van der Waals surface area (Å²) in [4.78, 5) is 8.76. The summed E-state index contributed by atoms with van der Waals surface area (Å²) in [7, 11) is 0. The lowest BCUT2D eigenvalue weighted by Gasteiger charge is -2.07. The molecule has 2 aliphatic rings. The number of anilines is 2. The normalized spacial score (nSPS) is 20.3. The quantitative estimate of drug-likeness (QED) is 0.784. The first-order chi connectivity index (χ1) is 7.31. The summed E-state index contributed by atoms with van der Waals surface area (Å²) in [6.07, 6.45) is 5.13. The maximum atomic E-state index is 5.76. The molecule has 1 aromatic heterocycles. The highest BCUT2D eigenvalue weighted by atomic mass is 15.1. The van der Waals surface area contributed by atoms with Crippen LogP contribution in [-0.4, -0.2) is 16.5 Å². The van der Waals surface area contributed by atoms with Crippen molar-refractivity contribution in [2.75, 3.05) is 17.6 Å². The number of nitrogens with one attached hydrogen (secondary N) is 1. The number of hydrogen-bond donors (Lipinski definition) is 2. The summed E-state index contributed by atoms with van der Waals surface area (Å²) in [5.41, 5.74) is 5.76. The molecule has 3 N–H and O–H groups in total. The maximum absolute atomic E-state index is 5.76. The molecule has 4 nitrogen and oxygen atoms in total. The lowest BCUT2D eigenvalue weighted by atomic mass is 10.3. The van der Waals surface area contributed by atoms with Crippen LogP contribution in [0.1, 0.15) is 37.4 Å². The van der Waals surface area contributed by atoms with E-state index in [2.05, 4.69) is 15.3 Å². The average Bonchev–Trinajstić information content (AvgIpc) is 3.06. The van der Waals surface area contributed by atoms with Gasteiger partial charge in [-0.1, -0.05) is 0 Å². The Morgan fingerprint density at radius 2 is 2.07 bits per heavy atom. The summed E-state index contributed by atoms with van der Waals surface area (Å²) in [5, 5.41) is 3.34. The van der Waals surface area contributed by atoms with Gasteiger partial charge in [0, 0.05) is 18.5 Å². The zero-order valence-electron chi connectivity index (χ0n) is 8.74. The maximum Gasteiger partial charge on any atom is 0.136 e. The second-order valence-electron chi connectivity index (χ2n) is 4.63. The van der Waals surface area contributed by atoms with E-state index < -0.39 is 0 Å². The summed E-state index contributed by atoms with van der Waals surface area (Å²) in [6, 6.07) is 1.83. The van der Waals surface area contributed by atoms with E-state index in [-0.39, 0.29) is 0 Å². The molecule has 0 radical (unpaired) electrons. The van der Waals surface area contributed by atoms with Crippen LogP contribution in [0.3, 0.4) is 0 Å². The standard InChI is InChI=1S/C11H16N4/c12-9-5-10(13-6-7-1-2-7)15-11(14-9)8-3-4-8/h5,7-8H,1-4,6H2,(H3,12,13,14,15). The Hall–Kier alpha value is -1.32. The van der Waals surface area contributed by atoms with Crippen LogP contribution in [0.25, 0.3) is 0 Å². The smallest absolute Gasteiger partial charge is 0.136 e. The van der Waals surface area contributed by atoms with Gasteiger partial charge in [-0.25, -0.2) is 9.97 Å². The van der Waals surface area contributed by atoms with Gasteiger partial charge in [0.2, 0.25) is 0 Å².